The minimum absolute atomic E-state index is 0.0224. The number of fused-ring (bicyclic) bond motifs is 1. The summed E-state index contributed by atoms with van der Waals surface area (Å²) in [7, 11) is 3.26. The number of halogens is 1. The minimum Gasteiger partial charge on any atom is -0.340 e. The Bertz CT molecular complexity index is 952. The largest absolute Gasteiger partial charge is 0.340 e. The molecule has 0 radical (unpaired) electrons. The maximum absolute atomic E-state index is 12.1. The first-order valence-corrected chi connectivity index (χ1v) is 11.5. The lowest BCUT2D eigenvalue weighted by Crippen LogP contribution is -2.13. The van der Waals surface area contributed by atoms with Gasteiger partial charge in [-0.1, -0.05) is 57.4 Å². The van der Waals surface area contributed by atoms with Crippen molar-refractivity contribution in [2.75, 3.05) is 16.4 Å². The van der Waals surface area contributed by atoms with Crippen molar-refractivity contribution in [2.45, 2.75) is 19.1 Å². The standard InChI is InChI=1S/C19H19BrN4OS2/c1-12(2)27-26-10-18(25)23-15-6-7-17-16(9-15)19(22-11-21-17)24-14-5-3-4-13(20)8-14/h3-9,11-12H,10H2,1-2H3,(H,23,25)(H,21,22,24). The van der Waals surface area contributed by atoms with Crippen LogP contribution in [0.4, 0.5) is 17.2 Å². The zero-order chi connectivity index (χ0) is 19.2. The molecule has 3 aromatic rings. The quantitative estimate of drug-likeness (QED) is 0.428. The highest BCUT2D eigenvalue weighted by Crippen LogP contribution is 2.28. The second-order valence-corrected chi connectivity index (χ2v) is 9.90. The Morgan fingerprint density at radius 2 is 2.00 bits per heavy atom. The van der Waals surface area contributed by atoms with Crippen LogP contribution in [0.5, 0.6) is 0 Å². The zero-order valence-electron chi connectivity index (χ0n) is 14.9. The van der Waals surface area contributed by atoms with Crippen LogP contribution in [0, 0.1) is 0 Å². The third-order valence-corrected chi connectivity index (χ3v) is 6.77. The van der Waals surface area contributed by atoms with Gasteiger partial charge in [-0.15, -0.1) is 0 Å². The molecule has 5 nitrogen and oxygen atoms in total. The molecule has 140 valence electrons. The topological polar surface area (TPSA) is 66.9 Å². The van der Waals surface area contributed by atoms with E-state index < -0.39 is 0 Å². The molecule has 3 rings (SSSR count). The predicted molar refractivity (Wildman–Crippen MR) is 121 cm³/mol. The molecule has 0 unspecified atom stereocenters. The fourth-order valence-corrected chi connectivity index (χ4v) is 4.62. The lowest BCUT2D eigenvalue weighted by atomic mass is 10.2. The van der Waals surface area contributed by atoms with E-state index in [0.29, 0.717) is 16.8 Å². The molecule has 0 bridgehead atoms. The van der Waals surface area contributed by atoms with E-state index in [1.165, 1.54) is 6.33 Å². The average molecular weight is 463 g/mol. The summed E-state index contributed by atoms with van der Waals surface area (Å²) in [6, 6.07) is 13.5. The van der Waals surface area contributed by atoms with Gasteiger partial charge in [0.1, 0.15) is 12.1 Å². The molecule has 0 aliphatic carbocycles. The van der Waals surface area contributed by atoms with Crippen molar-refractivity contribution in [1.29, 1.82) is 0 Å². The molecule has 2 aromatic carbocycles. The smallest absolute Gasteiger partial charge is 0.235 e. The highest BCUT2D eigenvalue weighted by Gasteiger charge is 2.09. The van der Waals surface area contributed by atoms with Gasteiger partial charge in [0, 0.05) is 26.5 Å². The van der Waals surface area contributed by atoms with E-state index in [4.69, 9.17) is 0 Å². The SMILES string of the molecule is CC(C)SSCC(=O)Nc1ccc2ncnc(Nc3cccc(Br)c3)c2c1. The number of nitrogens with zero attached hydrogens (tertiary/aromatic N) is 2. The van der Waals surface area contributed by atoms with Crippen molar-refractivity contribution in [3.8, 4) is 0 Å². The summed E-state index contributed by atoms with van der Waals surface area (Å²) in [4.78, 5) is 20.8. The zero-order valence-corrected chi connectivity index (χ0v) is 18.1. The van der Waals surface area contributed by atoms with Crippen molar-refractivity contribution < 1.29 is 4.79 Å². The van der Waals surface area contributed by atoms with Crippen molar-refractivity contribution >= 4 is 71.5 Å². The maximum atomic E-state index is 12.1. The number of aromatic nitrogens is 2. The number of rotatable bonds is 7. The number of hydrogen-bond acceptors (Lipinski definition) is 6. The lowest BCUT2D eigenvalue weighted by molar-refractivity contribution is -0.113. The molecule has 0 spiro atoms. The van der Waals surface area contributed by atoms with Crippen LogP contribution in [0.15, 0.2) is 53.3 Å². The Morgan fingerprint density at radius 1 is 1.15 bits per heavy atom. The van der Waals surface area contributed by atoms with Crippen molar-refractivity contribution in [2.24, 2.45) is 0 Å². The van der Waals surface area contributed by atoms with E-state index in [9.17, 15) is 4.79 Å². The Hall–Kier alpha value is -1.77. The molecule has 0 aliphatic rings. The van der Waals surface area contributed by atoms with Gasteiger partial charge >= 0.3 is 0 Å². The molecule has 1 heterocycles. The highest BCUT2D eigenvalue weighted by atomic mass is 79.9. The molecule has 2 N–H and O–H groups in total. The Kier molecular flexibility index (Phi) is 6.98. The minimum atomic E-state index is -0.0224. The molecule has 1 aromatic heterocycles. The third kappa shape index (κ3) is 5.85. The van der Waals surface area contributed by atoms with Crippen LogP contribution in [0.25, 0.3) is 10.9 Å². The molecule has 0 atom stereocenters. The van der Waals surface area contributed by atoms with Gasteiger partial charge < -0.3 is 10.6 Å². The number of carbonyl (C=O) groups is 1. The van der Waals surface area contributed by atoms with Crippen LogP contribution >= 0.6 is 37.5 Å². The second-order valence-electron chi connectivity index (χ2n) is 6.04. The molecule has 0 aliphatic heterocycles. The maximum Gasteiger partial charge on any atom is 0.235 e. The van der Waals surface area contributed by atoms with Crippen molar-refractivity contribution in [3.05, 3.63) is 53.3 Å². The van der Waals surface area contributed by atoms with Gasteiger partial charge in [0.15, 0.2) is 0 Å². The Balaban J connectivity index is 1.78. The van der Waals surface area contributed by atoms with Crippen LogP contribution in [-0.2, 0) is 4.79 Å². The summed E-state index contributed by atoms with van der Waals surface area (Å²) in [6.07, 6.45) is 1.53. The van der Waals surface area contributed by atoms with Gasteiger partial charge in [-0.2, -0.15) is 0 Å². The van der Waals surface area contributed by atoms with Crippen LogP contribution in [0.3, 0.4) is 0 Å². The van der Waals surface area contributed by atoms with Crippen LogP contribution in [-0.4, -0.2) is 26.9 Å². The van der Waals surface area contributed by atoms with E-state index in [1.54, 1.807) is 21.6 Å². The number of benzene rings is 2. The Morgan fingerprint density at radius 3 is 2.78 bits per heavy atom. The third-order valence-electron chi connectivity index (χ3n) is 3.46. The summed E-state index contributed by atoms with van der Waals surface area (Å²) in [5.74, 6) is 1.08. The van der Waals surface area contributed by atoms with Crippen molar-refractivity contribution in [1.82, 2.24) is 9.97 Å². The number of anilines is 3. The van der Waals surface area contributed by atoms with Crippen LogP contribution in [0.2, 0.25) is 0 Å². The number of carbonyl (C=O) groups excluding carboxylic acids is 1. The molecule has 0 fully saturated rings. The highest BCUT2D eigenvalue weighted by molar-refractivity contribution is 9.10. The fourth-order valence-electron chi connectivity index (χ4n) is 2.36. The van der Waals surface area contributed by atoms with E-state index in [2.05, 4.69) is 50.4 Å². The van der Waals surface area contributed by atoms with Gasteiger partial charge in [0.2, 0.25) is 5.91 Å². The van der Waals surface area contributed by atoms with E-state index in [1.807, 2.05) is 42.5 Å². The molecule has 1 amide bonds. The van der Waals surface area contributed by atoms with E-state index in [-0.39, 0.29) is 5.91 Å². The summed E-state index contributed by atoms with van der Waals surface area (Å²) >= 11 is 3.47. The summed E-state index contributed by atoms with van der Waals surface area (Å²) in [5.41, 5.74) is 2.46. The first-order valence-electron chi connectivity index (χ1n) is 8.37. The monoisotopic (exact) mass is 462 g/mol. The summed E-state index contributed by atoms with van der Waals surface area (Å²) in [6.45, 7) is 4.22. The second kappa shape index (κ2) is 9.43. The molecular formula is C19H19BrN4OS2. The normalized spacial score (nSPS) is 11.0. The van der Waals surface area contributed by atoms with Crippen LogP contribution < -0.4 is 10.6 Å². The summed E-state index contributed by atoms with van der Waals surface area (Å²) < 4.78 is 0.982. The average Bonchev–Trinajstić information content (AvgIpc) is 2.62. The first-order chi connectivity index (χ1) is 13.0. The van der Waals surface area contributed by atoms with Gasteiger partial charge in [-0.3, -0.25) is 4.79 Å². The molecule has 0 saturated heterocycles. The number of hydrogen-bond donors (Lipinski definition) is 2. The first kappa shape index (κ1) is 20.0. The molecular weight excluding hydrogens is 444 g/mol. The lowest BCUT2D eigenvalue weighted by Gasteiger charge is -2.11. The van der Waals surface area contributed by atoms with Gasteiger partial charge in [0.05, 0.1) is 11.3 Å². The molecule has 27 heavy (non-hydrogen) atoms. The predicted octanol–water partition coefficient (Wildman–Crippen LogP) is 5.86. The van der Waals surface area contributed by atoms with E-state index >= 15 is 0 Å². The summed E-state index contributed by atoms with van der Waals surface area (Å²) in [5, 5.41) is 7.60. The van der Waals surface area contributed by atoms with Gasteiger partial charge in [-0.25, -0.2) is 9.97 Å². The van der Waals surface area contributed by atoms with Gasteiger partial charge in [-0.05, 0) is 36.4 Å². The van der Waals surface area contributed by atoms with Gasteiger partial charge in [0.25, 0.3) is 0 Å². The van der Waals surface area contributed by atoms with E-state index in [0.717, 1.165) is 26.8 Å². The van der Waals surface area contributed by atoms with Crippen molar-refractivity contribution in [3.63, 3.8) is 0 Å². The van der Waals surface area contributed by atoms with Crippen LogP contribution in [0.1, 0.15) is 13.8 Å². The molecule has 8 heteroatoms. The molecule has 0 saturated carbocycles. The fraction of sp³-hybridized carbons (Fsp3) is 0.211. The Labute approximate surface area is 174 Å². The number of nitrogens with one attached hydrogen (secondary N) is 2. The number of amides is 1.